The molecule has 1 amide bonds. The number of nitrogens with zero attached hydrogens (tertiary/aromatic N) is 3. The van der Waals surface area contributed by atoms with Crippen LogP contribution in [0.5, 0.6) is 0 Å². The van der Waals surface area contributed by atoms with Crippen molar-refractivity contribution in [3.05, 3.63) is 113 Å². The summed E-state index contributed by atoms with van der Waals surface area (Å²) in [6, 6.07) is 22.8. The second kappa shape index (κ2) is 8.78. The first-order valence-corrected chi connectivity index (χ1v) is 11.4. The summed E-state index contributed by atoms with van der Waals surface area (Å²) in [6.07, 6.45) is 1.17. The van der Waals surface area contributed by atoms with Gasteiger partial charge in [0.25, 0.3) is 0 Å². The molecule has 5 rings (SSSR count). The predicted octanol–water partition coefficient (Wildman–Crippen LogP) is 5.54. The van der Waals surface area contributed by atoms with Crippen molar-refractivity contribution in [2.75, 3.05) is 0 Å². The Morgan fingerprint density at radius 1 is 0.882 bits per heavy atom. The molecule has 5 nitrogen and oxygen atoms in total. The Bertz CT molecular complexity index is 1420. The highest BCUT2D eigenvalue weighted by Gasteiger charge is 2.39. The number of allylic oxidation sites excluding steroid dienone is 1. The summed E-state index contributed by atoms with van der Waals surface area (Å²) in [7, 11) is 0. The third-order valence-corrected chi connectivity index (χ3v) is 6.58. The minimum atomic E-state index is -0.626. The van der Waals surface area contributed by atoms with E-state index in [1.165, 1.54) is 12.1 Å². The molecule has 172 valence electrons. The third-order valence-electron chi connectivity index (χ3n) is 6.58. The summed E-state index contributed by atoms with van der Waals surface area (Å²) in [4.78, 5) is 29.3. The lowest BCUT2D eigenvalue weighted by atomic mass is 9.91. The summed E-state index contributed by atoms with van der Waals surface area (Å²) in [5.74, 6) is -0.423. The van der Waals surface area contributed by atoms with Gasteiger partial charge in [0.05, 0.1) is 17.1 Å². The second-order valence-electron chi connectivity index (χ2n) is 8.82. The van der Waals surface area contributed by atoms with Crippen LogP contribution in [0.25, 0.3) is 16.7 Å². The smallest absolute Gasteiger partial charge is 0.330 e. The molecule has 0 radical (unpaired) electrons. The van der Waals surface area contributed by atoms with Crippen LogP contribution < -0.4 is 5.69 Å². The highest BCUT2D eigenvalue weighted by atomic mass is 19.1. The van der Waals surface area contributed by atoms with Crippen molar-refractivity contribution in [3.63, 3.8) is 0 Å². The van der Waals surface area contributed by atoms with Crippen LogP contribution in [0, 0.1) is 5.82 Å². The van der Waals surface area contributed by atoms with Crippen molar-refractivity contribution in [3.8, 4) is 0 Å². The molecule has 6 heteroatoms. The number of hydrogen-bond acceptors (Lipinski definition) is 2. The van der Waals surface area contributed by atoms with E-state index in [4.69, 9.17) is 0 Å². The quantitative estimate of drug-likeness (QED) is 0.397. The average molecular weight is 456 g/mol. The third kappa shape index (κ3) is 3.75. The summed E-state index contributed by atoms with van der Waals surface area (Å²) in [5.41, 5.74) is 3.69. The zero-order chi connectivity index (χ0) is 23.8. The largest absolute Gasteiger partial charge is 0.334 e. The molecule has 0 bridgehead atoms. The lowest BCUT2D eigenvalue weighted by Crippen LogP contribution is -2.45. The van der Waals surface area contributed by atoms with Gasteiger partial charge >= 0.3 is 5.69 Å². The first kappa shape index (κ1) is 21.9. The summed E-state index contributed by atoms with van der Waals surface area (Å²) >= 11 is 0. The lowest BCUT2D eigenvalue weighted by molar-refractivity contribution is -0.142. The Kier molecular flexibility index (Phi) is 5.65. The molecule has 2 atom stereocenters. The number of hydrogen-bond donors (Lipinski definition) is 0. The number of carbonyl (C=O) groups is 1. The number of para-hydroxylation sites is 2. The van der Waals surface area contributed by atoms with Gasteiger partial charge in [-0.3, -0.25) is 13.9 Å². The topological polar surface area (TPSA) is 47.2 Å². The van der Waals surface area contributed by atoms with E-state index < -0.39 is 6.04 Å². The van der Waals surface area contributed by atoms with Gasteiger partial charge in [0.15, 0.2) is 0 Å². The van der Waals surface area contributed by atoms with Gasteiger partial charge in [0, 0.05) is 12.2 Å². The number of fused-ring (bicyclic) bond motifs is 1. The zero-order valence-corrected chi connectivity index (χ0v) is 19.0. The van der Waals surface area contributed by atoms with Crippen LogP contribution in [0.4, 0.5) is 4.39 Å². The Morgan fingerprint density at radius 3 is 2.18 bits per heavy atom. The maximum absolute atomic E-state index is 14.0. The van der Waals surface area contributed by atoms with Crippen LogP contribution in [0.3, 0.4) is 0 Å². The number of amides is 1. The van der Waals surface area contributed by atoms with Crippen LogP contribution in [0.15, 0.2) is 90.2 Å². The Labute approximate surface area is 197 Å². The molecule has 1 saturated heterocycles. The van der Waals surface area contributed by atoms with Gasteiger partial charge < -0.3 is 4.90 Å². The van der Waals surface area contributed by atoms with E-state index in [0.717, 1.165) is 16.6 Å². The number of benzene rings is 3. The monoisotopic (exact) mass is 455 g/mol. The number of rotatable bonds is 5. The van der Waals surface area contributed by atoms with Crippen LogP contribution in [-0.2, 0) is 11.3 Å². The van der Waals surface area contributed by atoms with E-state index in [1.54, 1.807) is 28.2 Å². The molecule has 34 heavy (non-hydrogen) atoms. The molecule has 1 aromatic heterocycles. The van der Waals surface area contributed by atoms with Crippen molar-refractivity contribution in [2.24, 2.45) is 0 Å². The number of carbonyl (C=O) groups excluding carboxylic acids is 1. The minimum Gasteiger partial charge on any atom is -0.330 e. The Balaban J connectivity index is 1.60. The van der Waals surface area contributed by atoms with Gasteiger partial charge in [-0.25, -0.2) is 9.18 Å². The minimum absolute atomic E-state index is 0.115. The molecule has 0 saturated carbocycles. The Morgan fingerprint density at radius 2 is 1.50 bits per heavy atom. The van der Waals surface area contributed by atoms with Gasteiger partial charge in [-0.05, 0) is 55.2 Å². The molecule has 0 N–H and O–H groups in total. The maximum Gasteiger partial charge on any atom is 0.334 e. The molecule has 2 heterocycles. The van der Waals surface area contributed by atoms with E-state index in [-0.39, 0.29) is 23.5 Å². The molecule has 0 aliphatic carbocycles. The Hall–Kier alpha value is -3.93. The fourth-order valence-electron chi connectivity index (χ4n) is 5.02. The molecular formula is C28H26FN3O2. The van der Waals surface area contributed by atoms with Crippen LogP contribution >= 0.6 is 0 Å². The van der Waals surface area contributed by atoms with Crippen LogP contribution in [-0.4, -0.2) is 19.9 Å². The van der Waals surface area contributed by atoms with E-state index in [0.29, 0.717) is 30.6 Å². The SMILES string of the molecule is C=C(C)n1c(=O)n([C@@H]2CC[C@@H](c3ccc(F)cc3)N(Cc3ccccc3)C2=O)c2ccccc21. The maximum atomic E-state index is 14.0. The van der Waals surface area contributed by atoms with Crippen molar-refractivity contribution in [2.45, 2.75) is 38.4 Å². The molecule has 1 fully saturated rings. The molecule has 1 aliphatic heterocycles. The van der Waals surface area contributed by atoms with Crippen molar-refractivity contribution in [1.29, 1.82) is 0 Å². The highest BCUT2D eigenvalue weighted by molar-refractivity contribution is 5.86. The fourth-order valence-corrected chi connectivity index (χ4v) is 5.02. The number of imidazole rings is 1. The standard InChI is InChI=1S/C28H26FN3O2/c1-19(2)31-24-10-6-7-11-25(24)32(28(31)34)26-17-16-23(21-12-14-22(29)15-13-21)30(27(26)33)18-20-8-4-3-5-9-20/h3-15,23,26H,1,16-18H2,2H3/t23-,26+/m0/s1. The second-order valence-corrected chi connectivity index (χ2v) is 8.82. The van der Waals surface area contributed by atoms with Gasteiger partial charge in [-0.1, -0.05) is 61.2 Å². The molecule has 0 unspecified atom stereocenters. The fraction of sp³-hybridized carbons (Fsp3) is 0.214. The summed E-state index contributed by atoms with van der Waals surface area (Å²) < 4.78 is 16.8. The summed E-state index contributed by atoms with van der Waals surface area (Å²) in [6.45, 7) is 6.16. The van der Waals surface area contributed by atoms with Gasteiger partial charge in [-0.15, -0.1) is 0 Å². The van der Waals surface area contributed by atoms with Crippen molar-refractivity contribution in [1.82, 2.24) is 14.0 Å². The highest BCUT2D eigenvalue weighted by Crippen LogP contribution is 2.38. The predicted molar refractivity (Wildman–Crippen MR) is 132 cm³/mol. The number of aromatic nitrogens is 2. The van der Waals surface area contributed by atoms with Gasteiger partial charge in [0.1, 0.15) is 11.9 Å². The first-order chi connectivity index (χ1) is 16.5. The van der Waals surface area contributed by atoms with Gasteiger partial charge in [0.2, 0.25) is 5.91 Å². The van der Waals surface area contributed by atoms with E-state index in [2.05, 4.69) is 6.58 Å². The molecule has 3 aromatic carbocycles. The van der Waals surface area contributed by atoms with E-state index >= 15 is 0 Å². The molecule has 1 aliphatic rings. The van der Waals surface area contributed by atoms with E-state index in [1.807, 2.05) is 59.5 Å². The number of likely N-dealkylation sites (tertiary alicyclic amines) is 1. The molecule has 0 spiro atoms. The van der Waals surface area contributed by atoms with Gasteiger partial charge in [-0.2, -0.15) is 0 Å². The number of piperidine rings is 1. The zero-order valence-electron chi connectivity index (χ0n) is 19.0. The molecule has 4 aromatic rings. The average Bonchev–Trinajstić information content (AvgIpc) is 3.13. The van der Waals surface area contributed by atoms with Crippen molar-refractivity contribution >= 4 is 22.6 Å². The first-order valence-electron chi connectivity index (χ1n) is 11.4. The van der Waals surface area contributed by atoms with Crippen LogP contribution in [0.2, 0.25) is 0 Å². The summed E-state index contributed by atoms with van der Waals surface area (Å²) in [5, 5.41) is 0. The van der Waals surface area contributed by atoms with E-state index in [9.17, 15) is 14.0 Å². The van der Waals surface area contributed by atoms with Crippen molar-refractivity contribution < 1.29 is 9.18 Å². The van der Waals surface area contributed by atoms with Crippen LogP contribution in [0.1, 0.15) is 43.0 Å². The molecular weight excluding hydrogens is 429 g/mol. The lowest BCUT2D eigenvalue weighted by Gasteiger charge is -2.40. The normalized spacial score (nSPS) is 18.4. The number of halogens is 1.